The average molecular weight is 303 g/mol. The van der Waals surface area contributed by atoms with Crippen molar-refractivity contribution in [1.82, 2.24) is 0 Å². The quantitative estimate of drug-likeness (QED) is 0.695. The van der Waals surface area contributed by atoms with Crippen molar-refractivity contribution in [2.24, 2.45) is 0 Å². The Bertz CT molecular complexity index is 669. The van der Waals surface area contributed by atoms with E-state index in [-0.39, 0.29) is 5.41 Å². The highest BCUT2D eigenvalue weighted by Crippen LogP contribution is 2.32. The minimum Gasteiger partial charge on any atom is -0.456 e. The summed E-state index contributed by atoms with van der Waals surface area (Å²) >= 11 is 5.97. The van der Waals surface area contributed by atoms with E-state index in [1.54, 1.807) is 18.2 Å². The first kappa shape index (κ1) is 15.6. The molecule has 0 bridgehead atoms. The van der Waals surface area contributed by atoms with E-state index in [0.717, 1.165) is 17.6 Å². The molecule has 0 spiro atoms. The summed E-state index contributed by atoms with van der Waals surface area (Å²) in [5, 5.41) is 0.541. The molecular weight excluding hydrogens is 284 g/mol. The lowest BCUT2D eigenvalue weighted by Gasteiger charge is -2.20. The van der Waals surface area contributed by atoms with Crippen LogP contribution in [0.2, 0.25) is 5.02 Å². The van der Waals surface area contributed by atoms with Gasteiger partial charge in [-0.15, -0.1) is 0 Å². The summed E-state index contributed by atoms with van der Waals surface area (Å²) in [4.78, 5) is 11.1. The van der Waals surface area contributed by atoms with E-state index < -0.39 is 0 Å². The van der Waals surface area contributed by atoms with Gasteiger partial charge in [-0.25, -0.2) is 0 Å². The van der Waals surface area contributed by atoms with Crippen LogP contribution in [0.1, 0.15) is 42.3 Å². The molecule has 0 heterocycles. The molecule has 0 fully saturated rings. The summed E-state index contributed by atoms with van der Waals surface area (Å²) in [5.74, 6) is 1.21. The molecule has 0 saturated heterocycles. The van der Waals surface area contributed by atoms with Crippen LogP contribution in [-0.2, 0) is 5.41 Å². The van der Waals surface area contributed by atoms with Crippen LogP contribution in [0.25, 0.3) is 0 Å². The first-order chi connectivity index (χ1) is 9.81. The minimum atomic E-state index is 0.0906. The third-order valence-electron chi connectivity index (χ3n) is 3.36. The van der Waals surface area contributed by atoms with Gasteiger partial charge in [0.2, 0.25) is 0 Å². The molecule has 21 heavy (non-hydrogen) atoms. The van der Waals surface area contributed by atoms with Gasteiger partial charge in [-0.2, -0.15) is 0 Å². The van der Waals surface area contributed by atoms with Gasteiger partial charge < -0.3 is 4.74 Å². The summed E-state index contributed by atoms with van der Waals surface area (Å²) in [6.45, 7) is 8.51. The lowest BCUT2D eigenvalue weighted by Crippen LogP contribution is -2.11. The van der Waals surface area contributed by atoms with Crippen molar-refractivity contribution in [2.75, 3.05) is 0 Å². The van der Waals surface area contributed by atoms with Crippen molar-refractivity contribution < 1.29 is 9.53 Å². The SMILES string of the molecule is Cc1cc(C(C)(C)C)ccc1Oc1cc(Cl)ccc1C=O. The molecule has 110 valence electrons. The number of carbonyl (C=O) groups is 1. The van der Waals surface area contributed by atoms with Gasteiger partial charge in [0.05, 0.1) is 5.56 Å². The summed E-state index contributed by atoms with van der Waals surface area (Å²) in [6, 6.07) is 11.1. The molecule has 0 atom stereocenters. The number of aldehydes is 1. The Morgan fingerprint density at radius 2 is 1.76 bits per heavy atom. The Morgan fingerprint density at radius 3 is 2.33 bits per heavy atom. The Balaban J connectivity index is 2.37. The van der Waals surface area contributed by atoms with Gasteiger partial charge in [-0.3, -0.25) is 4.79 Å². The second-order valence-electron chi connectivity index (χ2n) is 6.13. The third-order valence-corrected chi connectivity index (χ3v) is 3.60. The van der Waals surface area contributed by atoms with Crippen molar-refractivity contribution in [3.63, 3.8) is 0 Å². The monoisotopic (exact) mass is 302 g/mol. The lowest BCUT2D eigenvalue weighted by molar-refractivity contribution is 0.112. The number of halogens is 1. The zero-order chi connectivity index (χ0) is 15.6. The van der Waals surface area contributed by atoms with E-state index >= 15 is 0 Å². The van der Waals surface area contributed by atoms with E-state index in [1.807, 2.05) is 19.1 Å². The van der Waals surface area contributed by atoms with Gasteiger partial charge in [0.25, 0.3) is 0 Å². The number of hydrogen-bond acceptors (Lipinski definition) is 2. The predicted octanol–water partition coefficient (Wildman–Crippen LogP) is 5.55. The normalized spacial score (nSPS) is 11.3. The lowest BCUT2D eigenvalue weighted by atomic mass is 9.86. The van der Waals surface area contributed by atoms with Crippen molar-refractivity contribution >= 4 is 17.9 Å². The largest absolute Gasteiger partial charge is 0.456 e. The molecule has 0 aliphatic carbocycles. The molecule has 0 N–H and O–H groups in total. The van der Waals surface area contributed by atoms with Gasteiger partial charge in [0, 0.05) is 11.1 Å². The fourth-order valence-electron chi connectivity index (χ4n) is 2.04. The van der Waals surface area contributed by atoms with Crippen LogP contribution in [-0.4, -0.2) is 6.29 Å². The van der Waals surface area contributed by atoms with Gasteiger partial charge in [-0.1, -0.05) is 44.5 Å². The Labute approximate surface area is 130 Å². The Kier molecular flexibility index (Phi) is 4.38. The molecular formula is C18H19ClO2. The predicted molar refractivity (Wildman–Crippen MR) is 86.8 cm³/mol. The molecule has 0 aliphatic heterocycles. The number of benzene rings is 2. The van der Waals surface area contributed by atoms with Crippen LogP contribution in [0.3, 0.4) is 0 Å². The summed E-state index contributed by atoms with van der Waals surface area (Å²) in [6.07, 6.45) is 0.768. The average Bonchev–Trinajstić information content (AvgIpc) is 2.40. The summed E-state index contributed by atoms with van der Waals surface area (Å²) in [7, 11) is 0. The molecule has 2 rings (SSSR count). The number of aryl methyl sites for hydroxylation is 1. The summed E-state index contributed by atoms with van der Waals surface area (Å²) < 4.78 is 5.86. The van der Waals surface area contributed by atoms with Crippen LogP contribution in [0.4, 0.5) is 0 Å². The molecule has 0 aromatic heterocycles. The molecule has 2 aromatic carbocycles. The second kappa shape index (κ2) is 5.90. The van der Waals surface area contributed by atoms with E-state index in [4.69, 9.17) is 16.3 Å². The van der Waals surface area contributed by atoms with E-state index in [9.17, 15) is 4.79 Å². The molecule has 0 unspecified atom stereocenters. The Hall–Kier alpha value is -1.80. The van der Waals surface area contributed by atoms with E-state index in [2.05, 4.69) is 26.8 Å². The fourth-order valence-corrected chi connectivity index (χ4v) is 2.20. The zero-order valence-electron chi connectivity index (χ0n) is 12.7. The van der Waals surface area contributed by atoms with E-state index in [0.29, 0.717) is 16.3 Å². The Morgan fingerprint density at radius 1 is 1.05 bits per heavy atom. The number of rotatable bonds is 3. The molecule has 2 aromatic rings. The van der Waals surface area contributed by atoms with Crippen LogP contribution in [0, 0.1) is 6.92 Å². The van der Waals surface area contributed by atoms with Gasteiger partial charge in [0.15, 0.2) is 6.29 Å². The summed E-state index contributed by atoms with van der Waals surface area (Å²) in [5.41, 5.74) is 2.85. The van der Waals surface area contributed by atoms with Crippen molar-refractivity contribution in [3.05, 3.63) is 58.1 Å². The van der Waals surface area contributed by atoms with Gasteiger partial charge >= 0.3 is 0 Å². The second-order valence-corrected chi connectivity index (χ2v) is 6.57. The van der Waals surface area contributed by atoms with E-state index in [1.165, 1.54) is 5.56 Å². The minimum absolute atomic E-state index is 0.0906. The number of carbonyl (C=O) groups excluding carboxylic acids is 1. The maximum Gasteiger partial charge on any atom is 0.153 e. The van der Waals surface area contributed by atoms with Crippen molar-refractivity contribution in [1.29, 1.82) is 0 Å². The first-order valence-electron chi connectivity index (χ1n) is 6.85. The highest BCUT2D eigenvalue weighted by Gasteiger charge is 2.15. The van der Waals surface area contributed by atoms with Gasteiger partial charge in [0.1, 0.15) is 11.5 Å². The van der Waals surface area contributed by atoms with Crippen molar-refractivity contribution in [3.8, 4) is 11.5 Å². The molecule has 0 amide bonds. The highest BCUT2D eigenvalue weighted by atomic mass is 35.5. The molecule has 2 nitrogen and oxygen atoms in total. The molecule has 0 radical (unpaired) electrons. The molecule has 0 aliphatic rings. The third kappa shape index (κ3) is 3.64. The van der Waals surface area contributed by atoms with Crippen molar-refractivity contribution in [2.45, 2.75) is 33.1 Å². The van der Waals surface area contributed by atoms with Gasteiger partial charge in [-0.05, 0) is 41.7 Å². The van der Waals surface area contributed by atoms with Crippen LogP contribution < -0.4 is 4.74 Å². The topological polar surface area (TPSA) is 26.3 Å². The fraction of sp³-hybridized carbons (Fsp3) is 0.278. The standard InChI is InChI=1S/C18H19ClO2/c1-12-9-14(18(2,3)4)6-8-16(12)21-17-10-15(19)7-5-13(17)11-20/h5-11H,1-4H3. The van der Waals surface area contributed by atoms with Crippen LogP contribution in [0.15, 0.2) is 36.4 Å². The molecule has 3 heteroatoms. The number of ether oxygens (including phenoxy) is 1. The maximum absolute atomic E-state index is 11.1. The van der Waals surface area contributed by atoms with Crippen LogP contribution in [0.5, 0.6) is 11.5 Å². The van der Waals surface area contributed by atoms with Crippen LogP contribution >= 0.6 is 11.6 Å². The smallest absolute Gasteiger partial charge is 0.153 e. The number of hydrogen-bond donors (Lipinski definition) is 0. The maximum atomic E-state index is 11.1. The first-order valence-corrected chi connectivity index (χ1v) is 7.23. The highest BCUT2D eigenvalue weighted by molar-refractivity contribution is 6.30. The zero-order valence-corrected chi connectivity index (χ0v) is 13.5. The molecule has 0 saturated carbocycles.